The van der Waals surface area contributed by atoms with Gasteiger partial charge in [0.1, 0.15) is 5.41 Å². The van der Waals surface area contributed by atoms with Crippen LogP contribution in [0.1, 0.15) is 46.5 Å². The average Bonchev–Trinajstić information content (AvgIpc) is 3.11. The second-order valence-electron chi connectivity index (χ2n) is 9.07. The molecule has 2 N–H and O–H groups in total. The number of carbonyl (C=O) groups is 1. The van der Waals surface area contributed by atoms with Crippen LogP contribution in [0.3, 0.4) is 0 Å². The predicted octanol–water partition coefficient (Wildman–Crippen LogP) is 3.23. The molecule has 4 aliphatic carbocycles. The third kappa shape index (κ3) is 1.32. The number of hydrogen-bond donors (Lipinski definition) is 2. The number of carboxylic acid groups (broad SMARTS) is 1. The van der Waals surface area contributed by atoms with Crippen molar-refractivity contribution >= 4 is 5.97 Å². The van der Waals surface area contributed by atoms with E-state index in [-0.39, 0.29) is 24.4 Å². The van der Waals surface area contributed by atoms with Crippen LogP contribution in [0, 0.1) is 57.2 Å². The smallest absolute Gasteiger partial charge is 0.316 e. The summed E-state index contributed by atoms with van der Waals surface area (Å²) >= 11 is 0. The second-order valence-corrected chi connectivity index (χ2v) is 9.07. The molecule has 0 aromatic rings. The fourth-order valence-electron chi connectivity index (χ4n) is 7.57. The number of aliphatic hydroxyl groups is 1. The SMILES string of the molecule is CC(C)C1=CC2CC3(C#N)C4CCC(C)C4CC2(CO)C13C(=O)O. The fraction of sp³-hybridized carbons (Fsp3) is 0.800. The van der Waals surface area contributed by atoms with Crippen molar-refractivity contribution in [2.24, 2.45) is 45.8 Å². The maximum Gasteiger partial charge on any atom is 0.316 e. The summed E-state index contributed by atoms with van der Waals surface area (Å²) in [4.78, 5) is 12.8. The normalized spacial score (nSPS) is 51.4. The van der Waals surface area contributed by atoms with Gasteiger partial charge in [-0.25, -0.2) is 0 Å². The van der Waals surface area contributed by atoms with Crippen molar-refractivity contribution in [1.29, 1.82) is 5.26 Å². The molecule has 0 amide bonds. The lowest BCUT2D eigenvalue weighted by Gasteiger charge is -2.57. The van der Waals surface area contributed by atoms with Crippen molar-refractivity contribution in [3.8, 4) is 6.07 Å². The van der Waals surface area contributed by atoms with Crippen LogP contribution in [-0.4, -0.2) is 22.8 Å². The summed E-state index contributed by atoms with van der Waals surface area (Å²) in [5, 5.41) is 31.3. The average molecular weight is 329 g/mol. The number of nitriles is 1. The van der Waals surface area contributed by atoms with E-state index in [1.165, 1.54) is 0 Å². The topological polar surface area (TPSA) is 81.3 Å². The Kier molecular flexibility index (Phi) is 3.12. The van der Waals surface area contributed by atoms with E-state index < -0.39 is 22.2 Å². The molecule has 0 saturated heterocycles. The van der Waals surface area contributed by atoms with Crippen molar-refractivity contribution in [3.63, 3.8) is 0 Å². The van der Waals surface area contributed by atoms with Crippen molar-refractivity contribution < 1.29 is 15.0 Å². The minimum absolute atomic E-state index is 0.0217. The molecular formula is C20H27NO3. The number of rotatable bonds is 3. The molecule has 24 heavy (non-hydrogen) atoms. The minimum Gasteiger partial charge on any atom is -0.481 e. The van der Waals surface area contributed by atoms with Crippen LogP contribution >= 0.6 is 0 Å². The zero-order chi connectivity index (χ0) is 17.5. The fourth-order valence-corrected chi connectivity index (χ4v) is 7.57. The van der Waals surface area contributed by atoms with Crippen LogP contribution in [0.15, 0.2) is 11.6 Å². The first-order valence-electron chi connectivity index (χ1n) is 9.30. The molecule has 3 fully saturated rings. The van der Waals surface area contributed by atoms with Gasteiger partial charge in [0.15, 0.2) is 0 Å². The van der Waals surface area contributed by atoms with Gasteiger partial charge in [-0.05, 0) is 48.9 Å². The Bertz CT molecular complexity index is 677. The third-order valence-electron chi connectivity index (χ3n) is 8.32. The van der Waals surface area contributed by atoms with Gasteiger partial charge in [0.25, 0.3) is 0 Å². The van der Waals surface area contributed by atoms with Gasteiger partial charge in [-0.15, -0.1) is 0 Å². The number of aliphatic hydroxyl groups excluding tert-OH is 1. The Labute approximate surface area is 143 Å². The van der Waals surface area contributed by atoms with Crippen molar-refractivity contribution in [2.75, 3.05) is 6.61 Å². The highest BCUT2D eigenvalue weighted by Crippen LogP contribution is 2.82. The van der Waals surface area contributed by atoms with E-state index in [1.807, 2.05) is 13.8 Å². The van der Waals surface area contributed by atoms with Crippen LogP contribution < -0.4 is 0 Å². The Morgan fingerprint density at radius 1 is 1.42 bits per heavy atom. The largest absolute Gasteiger partial charge is 0.481 e. The summed E-state index contributed by atoms with van der Waals surface area (Å²) in [5.74, 6) is 0.264. The molecule has 0 aromatic heterocycles. The number of hydrogen-bond acceptors (Lipinski definition) is 3. The molecular weight excluding hydrogens is 302 g/mol. The highest BCUT2D eigenvalue weighted by atomic mass is 16.4. The molecule has 0 radical (unpaired) electrons. The Hall–Kier alpha value is -1.34. The highest BCUT2D eigenvalue weighted by Gasteiger charge is 2.84. The highest BCUT2D eigenvalue weighted by molar-refractivity contribution is 5.85. The van der Waals surface area contributed by atoms with E-state index in [0.29, 0.717) is 18.3 Å². The molecule has 7 unspecified atom stereocenters. The number of carboxylic acids is 1. The van der Waals surface area contributed by atoms with Gasteiger partial charge in [-0.2, -0.15) is 5.26 Å². The maximum absolute atomic E-state index is 12.8. The van der Waals surface area contributed by atoms with Crippen LogP contribution in [0.5, 0.6) is 0 Å². The lowest BCUT2D eigenvalue weighted by Crippen LogP contribution is -2.62. The summed E-state index contributed by atoms with van der Waals surface area (Å²) in [6.45, 7) is 6.16. The van der Waals surface area contributed by atoms with Crippen LogP contribution in [0.25, 0.3) is 0 Å². The quantitative estimate of drug-likeness (QED) is 0.779. The summed E-state index contributed by atoms with van der Waals surface area (Å²) in [5.41, 5.74) is -1.84. The van der Waals surface area contributed by atoms with Crippen molar-refractivity contribution in [1.82, 2.24) is 0 Å². The van der Waals surface area contributed by atoms with Crippen LogP contribution in [0.2, 0.25) is 0 Å². The second kappa shape index (κ2) is 4.64. The molecule has 4 rings (SSSR count). The molecule has 4 aliphatic rings. The summed E-state index contributed by atoms with van der Waals surface area (Å²) < 4.78 is 0. The molecule has 7 atom stereocenters. The van der Waals surface area contributed by atoms with Gasteiger partial charge >= 0.3 is 5.97 Å². The van der Waals surface area contributed by atoms with Gasteiger partial charge in [-0.3, -0.25) is 4.79 Å². The van der Waals surface area contributed by atoms with E-state index in [9.17, 15) is 20.3 Å². The van der Waals surface area contributed by atoms with Gasteiger partial charge in [0.2, 0.25) is 0 Å². The lowest BCUT2D eigenvalue weighted by atomic mass is 9.43. The first kappa shape index (κ1) is 16.1. The van der Waals surface area contributed by atoms with E-state index in [0.717, 1.165) is 24.8 Å². The van der Waals surface area contributed by atoms with Crippen molar-refractivity contribution in [2.45, 2.75) is 46.5 Å². The summed E-state index contributed by atoms with van der Waals surface area (Å²) in [6, 6.07) is 2.57. The van der Waals surface area contributed by atoms with Crippen LogP contribution in [-0.2, 0) is 4.79 Å². The van der Waals surface area contributed by atoms with E-state index in [1.54, 1.807) is 0 Å². The van der Waals surface area contributed by atoms with Crippen LogP contribution in [0.4, 0.5) is 0 Å². The summed E-state index contributed by atoms with van der Waals surface area (Å²) in [7, 11) is 0. The van der Waals surface area contributed by atoms with E-state index in [4.69, 9.17) is 0 Å². The maximum atomic E-state index is 12.8. The molecule has 3 saturated carbocycles. The zero-order valence-electron chi connectivity index (χ0n) is 14.7. The molecule has 4 bridgehead atoms. The Morgan fingerprint density at radius 3 is 2.67 bits per heavy atom. The first-order valence-corrected chi connectivity index (χ1v) is 9.30. The zero-order valence-corrected chi connectivity index (χ0v) is 14.7. The third-order valence-corrected chi connectivity index (χ3v) is 8.32. The standard InChI is InChI=1S/C20H27NO3/c1-11(2)16-6-13-7-18(9-21)15-5-4-12(3)14(15)8-19(13,10-22)20(16,18)17(23)24/h6,11-15,22H,4-5,7-8,10H2,1-3H3,(H,23,24). The van der Waals surface area contributed by atoms with Crippen molar-refractivity contribution in [3.05, 3.63) is 11.6 Å². The Morgan fingerprint density at radius 2 is 2.12 bits per heavy atom. The monoisotopic (exact) mass is 329 g/mol. The van der Waals surface area contributed by atoms with E-state index >= 15 is 0 Å². The van der Waals surface area contributed by atoms with Gasteiger partial charge in [-0.1, -0.05) is 38.8 Å². The number of allylic oxidation sites excluding steroid dienone is 1. The first-order chi connectivity index (χ1) is 11.3. The Balaban J connectivity index is 2.04. The number of nitrogens with zero attached hydrogens (tertiary/aromatic N) is 1. The van der Waals surface area contributed by atoms with Gasteiger partial charge in [0.05, 0.1) is 18.1 Å². The van der Waals surface area contributed by atoms with E-state index in [2.05, 4.69) is 19.1 Å². The molecule has 0 aromatic carbocycles. The van der Waals surface area contributed by atoms with Gasteiger partial charge < -0.3 is 10.2 Å². The van der Waals surface area contributed by atoms with Gasteiger partial charge in [0, 0.05) is 5.41 Å². The molecule has 4 nitrogen and oxygen atoms in total. The molecule has 0 aliphatic heterocycles. The number of aliphatic carboxylic acids is 1. The predicted molar refractivity (Wildman–Crippen MR) is 88.7 cm³/mol. The molecule has 4 heteroatoms. The summed E-state index contributed by atoms with van der Waals surface area (Å²) in [6.07, 6.45) is 5.51. The molecule has 0 spiro atoms. The number of fused-ring (bicyclic) bond motifs is 2. The molecule has 0 heterocycles. The molecule has 130 valence electrons. The minimum atomic E-state index is -1.20. The lowest BCUT2D eigenvalue weighted by molar-refractivity contribution is -0.176.